The second-order valence-electron chi connectivity index (χ2n) is 11.4. The standard InChI is InChI=1S/C26H45N3O4/c27-16-17-3-1-4-19(13-17)18-9-11-29(12-10-18)26(33)21-5-2-6-22(14-21)28-25(32)20-7-8-23(30)24(31)15-20/h17-24,30-31H,1-16,27H2,(H,28,32). The van der Waals surface area contributed by atoms with Crippen LogP contribution in [0, 0.1) is 29.6 Å². The number of piperidine rings is 1. The molecule has 1 saturated heterocycles. The minimum absolute atomic E-state index is 0.00988. The smallest absolute Gasteiger partial charge is 0.225 e. The first-order valence-corrected chi connectivity index (χ1v) is 13.6. The number of aliphatic hydroxyl groups excluding tert-OH is 2. The van der Waals surface area contributed by atoms with Crippen LogP contribution in [0.1, 0.15) is 83.5 Å². The van der Waals surface area contributed by atoms with Gasteiger partial charge in [0.15, 0.2) is 0 Å². The predicted molar refractivity (Wildman–Crippen MR) is 127 cm³/mol. The van der Waals surface area contributed by atoms with E-state index in [1.54, 1.807) is 0 Å². The summed E-state index contributed by atoms with van der Waals surface area (Å²) in [6, 6.07) is 0.0390. The van der Waals surface area contributed by atoms with E-state index in [9.17, 15) is 19.8 Å². The Morgan fingerprint density at radius 1 is 0.788 bits per heavy atom. The molecule has 3 aliphatic carbocycles. The monoisotopic (exact) mass is 463 g/mol. The zero-order valence-corrected chi connectivity index (χ0v) is 20.2. The molecule has 0 aromatic rings. The number of carbonyl (C=O) groups is 2. The van der Waals surface area contributed by atoms with E-state index in [0.717, 1.165) is 70.0 Å². The highest BCUT2D eigenvalue weighted by Gasteiger charge is 2.37. The lowest BCUT2D eigenvalue weighted by Gasteiger charge is -2.41. The van der Waals surface area contributed by atoms with Crippen molar-refractivity contribution < 1.29 is 19.8 Å². The average molecular weight is 464 g/mol. The van der Waals surface area contributed by atoms with E-state index in [2.05, 4.69) is 10.2 Å². The molecule has 1 aliphatic heterocycles. The number of hydrogen-bond donors (Lipinski definition) is 4. The largest absolute Gasteiger partial charge is 0.390 e. The fourth-order valence-corrected chi connectivity index (χ4v) is 7.06. The molecule has 7 atom stereocenters. The van der Waals surface area contributed by atoms with Crippen LogP contribution in [0.25, 0.3) is 0 Å². The van der Waals surface area contributed by atoms with Crippen LogP contribution in [0.15, 0.2) is 0 Å². The Hall–Kier alpha value is -1.18. The minimum Gasteiger partial charge on any atom is -0.390 e. The van der Waals surface area contributed by atoms with Gasteiger partial charge in [0.2, 0.25) is 11.8 Å². The highest BCUT2D eigenvalue weighted by molar-refractivity contribution is 5.80. The summed E-state index contributed by atoms with van der Waals surface area (Å²) in [4.78, 5) is 28.1. The van der Waals surface area contributed by atoms with Crippen molar-refractivity contribution in [2.75, 3.05) is 19.6 Å². The van der Waals surface area contributed by atoms with Gasteiger partial charge in [-0.15, -0.1) is 0 Å². The number of rotatable bonds is 5. The van der Waals surface area contributed by atoms with Crippen molar-refractivity contribution in [2.24, 2.45) is 35.3 Å². The van der Waals surface area contributed by atoms with E-state index in [4.69, 9.17) is 5.73 Å². The Kier molecular flexibility index (Phi) is 8.69. The number of likely N-dealkylation sites (tertiary alicyclic amines) is 1. The molecule has 7 unspecified atom stereocenters. The molecule has 7 heteroatoms. The Labute approximate surface area is 198 Å². The van der Waals surface area contributed by atoms with Crippen molar-refractivity contribution in [3.63, 3.8) is 0 Å². The number of nitrogens with zero attached hydrogens (tertiary/aromatic N) is 1. The third-order valence-electron chi connectivity index (χ3n) is 9.20. The molecule has 4 aliphatic rings. The van der Waals surface area contributed by atoms with Gasteiger partial charge in [0.1, 0.15) is 0 Å². The molecule has 33 heavy (non-hydrogen) atoms. The topological polar surface area (TPSA) is 116 Å². The second kappa shape index (κ2) is 11.5. The van der Waals surface area contributed by atoms with Crippen LogP contribution >= 0.6 is 0 Å². The molecular formula is C26H45N3O4. The van der Waals surface area contributed by atoms with Crippen LogP contribution in [0.3, 0.4) is 0 Å². The van der Waals surface area contributed by atoms with Crippen LogP contribution in [-0.2, 0) is 9.59 Å². The van der Waals surface area contributed by atoms with Gasteiger partial charge in [0, 0.05) is 31.0 Å². The van der Waals surface area contributed by atoms with E-state index in [1.807, 2.05) is 0 Å². The maximum atomic E-state index is 13.3. The molecule has 0 radical (unpaired) electrons. The van der Waals surface area contributed by atoms with Gasteiger partial charge in [-0.05, 0) is 88.5 Å². The first-order chi connectivity index (χ1) is 15.9. The van der Waals surface area contributed by atoms with Crippen LogP contribution in [-0.4, -0.2) is 64.8 Å². The molecule has 1 heterocycles. The van der Waals surface area contributed by atoms with Crippen molar-refractivity contribution in [2.45, 2.75) is 102 Å². The van der Waals surface area contributed by atoms with Crippen molar-refractivity contribution >= 4 is 11.8 Å². The second-order valence-corrected chi connectivity index (χ2v) is 11.4. The molecule has 7 nitrogen and oxygen atoms in total. The van der Waals surface area contributed by atoms with Crippen LogP contribution in [0.2, 0.25) is 0 Å². The summed E-state index contributed by atoms with van der Waals surface area (Å²) >= 11 is 0. The molecule has 4 fully saturated rings. The zero-order valence-electron chi connectivity index (χ0n) is 20.2. The van der Waals surface area contributed by atoms with E-state index in [-0.39, 0.29) is 29.7 Å². The molecular weight excluding hydrogens is 418 g/mol. The van der Waals surface area contributed by atoms with E-state index >= 15 is 0 Å². The molecule has 0 aromatic heterocycles. The highest BCUT2D eigenvalue weighted by Crippen LogP contribution is 2.38. The van der Waals surface area contributed by atoms with Crippen LogP contribution in [0.4, 0.5) is 0 Å². The first kappa shape index (κ1) is 24.9. The molecule has 0 spiro atoms. The lowest BCUT2D eigenvalue weighted by molar-refractivity contribution is -0.139. The van der Waals surface area contributed by atoms with E-state index in [0.29, 0.717) is 25.2 Å². The normalized spacial score (nSPS) is 38.6. The number of hydrogen-bond acceptors (Lipinski definition) is 5. The summed E-state index contributed by atoms with van der Waals surface area (Å²) in [7, 11) is 0. The molecule has 5 N–H and O–H groups in total. The summed E-state index contributed by atoms with van der Waals surface area (Å²) in [5, 5.41) is 22.8. The van der Waals surface area contributed by atoms with Crippen LogP contribution < -0.4 is 11.1 Å². The molecule has 4 rings (SSSR count). The molecule has 0 aromatic carbocycles. The third-order valence-corrected chi connectivity index (χ3v) is 9.20. The van der Waals surface area contributed by atoms with Gasteiger partial charge >= 0.3 is 0 Å². The lowest BCUT2D eigenvalue weighted by atomic mass is 9.72. The van der Waals surface area contributed by atoms with Crippen molar-refractivity contribution in [3.8, 4) is 0 Å². The van der Waals surface area contributed by atoms with E-state index < -0.39 is 12.2 Å². The summed E-state index contributed by atoms with van der Waals surface area (Å²) in [6.45, 7) is 2.57. The SMILES string of the molecule is NCC1CCCC(C2CCN(C(=O)C3CCCC(NC(=O)C4CCC(O)C(O)C4)C3)CC2)C1. The molecule has 188 valence electrons. The fraction of sp³-hybridized carbons (Fsp3) is 0.923. The summed E-state index contributed by atoms with van der Waals surface area (Å²) in [5.74, 6) is 2.26. The van der Waals surface area contributed by atoms with Gasteiger partial charge in [-0.2, -0.15) is 0 Å². The lowest BCUT2D eigenvalue weighted by Crippen LogP contribution is -2.48. The number of nitrogens with one attached hydrogen (secondary N) is 1. The maximum absolute atomic E-state index is 13.3. The molecule has 0 bridgehead atoms. The van der Waals surface area contributed by atoms with Gasteiger partial charge < -0.3 is 26.2 Å². The van der Waals surface area contributed by atoms with Gasteiger partial charge in [0.25, 0.3) is 0 Å². The zero-order chi connectivity index (χ0) is 23.4. The number of amides is 2. The third kappa shape index (κ3) is 6.29. The Balaban J connectivity index is 1.22. The van der Waals surface area contributed by atoms with E-state index in [1.165, 1.54) is 25.7 Å². The average Bonchev–Trinajstić information content (AvgIpc) is 2.85. The summed E-state index contributed by atoms with van der Waals surface area (Å²) in [6.07, 6.45) is 10.8. The van der Waals surface area contributed by atoms with Crippen molar-refractivity contribution in [1.82, 2.24) is 10.2 Å². The van der Waals surface area contributed by atoms with Gasteiger partial charge in [-0.25, -0.2) is 0 Å². The first-order valence-electron chi connectivity index (χ1n) is 13.6. The van der Waals surface area contributed by atoms with Gasteiger partial charge in [-0.3, -0.25) is 9.59 Å². The highest BCUT2D eigenvalue weighted by atomic mass is 16.3. The molecule has 3 saturated carbocycles. The van der Waals surface area contributed by atoms with Gasteiger partial charge in [0.05, 0.1) is 12.2 Å². The Morgan fingerprint density at radius 2 is 1.55 bits per heavy atom. The predicted octanol–water partition coefficient (Wildman–Crippen LogP) is 2.19. The summed E-state index contributed by atoms with van der Waals surface area (Å²) < 4.78 is 0. The van der Waals surface area contributed by atoms with Crippen LogP contribution in [0.5, 0.6) is 0 Å². The quantitative estimate of drug-likeness (QED) is 0.499. The number of carbonyl (C=O) groups excluding carboxylic acids is 2. The number of aliphatic hydroxyl groups is 2. The summed E-state index contributed by atoms with van der Waals surface area (Å²) in [5.41, 5.74) is 5.93. The van der Waals surface area contributed by atoms with Crippen molar-refractivity contribution in [3.05, 3.63) is 0 Å². The number of nitrogens with two attached hydrogens (primary N) is 1. The Morgan fingerprint density at radius 3 is 2.27 bits per heavy atom. The Bertz CT molecular complexity index is 666. The van der Waals surface area contributed by atoms with Crippen molar-refractivity contribution in [1.29, 1.82) is 0 Å². The molecule has 2 amide bonds. The maximum Gasteiger partial charge on any atom is 0.225 e. The van der Waals surface area contributed by atoms with Gasteiger partial charge in [-0.1, -0.05) is 19.3 Å². The fourth-order valence-electron chi connectivity index (χ4n) is 7.06. The minimum atomic E-state index is -0.812.